The van der Waals surface area contributed by atoms with Gasteiger partial charge < -0.3 is 25.3 Å². The first-order valence-corrected chi connectivity index (χ1v) is 18.4. The minimum Gasteiger partial charge on any atom is -0.508 e. The number of fused-ring (bicyclic) bond motifs is 1. The number of amides is 1. The maximum Gasteiger partial charge on any atom is 0.224 e. The fraction of sp³-hybridized carbons (Fsp3) is 0.378. The van der Waals surface area contributed by atoms with Crippen LogP contribution in [-0.4, -0.2) is 37.0 Å². The summed E-state index contributed by atoms with van der Waals surface area (Å²) in [6, 6.07) is 28.2. The van der Waals surface area contributed by atoms with Gasteiger partial charge in [-0.25, -0.2) is 0 Å². The summed E-state index contributed by atoms with van der Waals surface area (Å²) >= 11 is 0. The molecule has 4 N–H and O–H groups in total. The van der Waals surface area contributed by atoms with Crippen molar-refractivity contribution in [2.75, 3.05) is 6.54 Å². The van der Waals surface area contributed by atoms with Gasteiger partial charge in [-0.15, -0.1) is 0 Å². The number of carbonyl (C=O) groups excluding carboxylic acids is 1. The highest BCUT2D eigenvalue weighted by Gasteiger charge is 2.39. The smallest absolute Gasteiger partial charge is 0.224 e. The molecule has 0 aliphatic carbocycles. The molecule has 0 aliphatic heterocycles. The second-order valence-electron chi connectivity index (χ2n) is 13.3. The SMILES string of the molecule is C[C@H](Cc1cccc(CC(=O)NCc2cccc3ccccc23)c1)NC[C@@H](O[Si](C)(C)C(C)(C)C)c1ccc(O)c(CO)c1. The number of aliphatic hydroxyl groups excluding tert-OH is 1. The van der Waals surface area contributed by atoms with Gasteiger partial charge in [-0.05, 0) is 76.6 Å². The molecular weight excluding hydrogens is 565 g/mol. The Hall–Kier alpha value is -3.49. The van der Waals surface area contributed by atoms with E-state index in [-0.39, 0.29) is 35.4 Å². The minimum absolute atomic E-state index is 0.00280. The molecular formula is C37H48N2O4Si. The first kappa shape index (κ1) is 33.4. The van der Waals surface area contributed by atoms with Crippen molar-refractivity contribution < 1.29 is 19.4 Å². The van der Waals surface area contributed by atoms with Gasteiger partial charge in [0.2, 0.25) is 5.91 Å². The number of nitrogens with one attached hydrogen (secondary N) is 2. The van der Waals surface area contributed by atoms with Gasteiger partial charge in [-0.1, -0.05) is 93.6 Å². The molecule has 0 saturated heterocycles. The first-order valence-electron chi connectivity index (χ1n) is 15.5. The van der Waals surface area contributed by atoms with Gasteiger partial charge in [-0.2, -0.15) is 0 Å². The van der Waals surface area contributed by atoms with Crippen molar-refractivity contribution in [1.29, 1.82) is 0 Å². The van der Waals surface area contributed by atoms with Crippen molar-refractivity contribution in [1.82, 2.24) is 10.6 Å². The predicted octanol–water partition coefficient (Wildman–Crippen LogP) is 7.18. The van der Waals surface area contributed by atoms with E-state index in [1.807, 2.05) is 42.5 Å². The number of aliphatic hydroxyl groups is 1. The Kier molecular flexibility index (Phi) is 11.0. The largest absolute Gasteiger partial charge is 0.508 e. The lowest BCUT2D eigenvalue weighted by Crippen LogP contribution is -2.44. The van der Waals surface area contributed by atoms with Crippen LogP contribution in [0.5, 0.6) is 5.75 Å². The normalized spacial score (nSPS) is 13.5. The van der Waals surface area contributed by atoms with Gasteiger partial charge in [-0.3, -0.25) is 4.79 Å². The van der Waals surface area contributed by atoms with Gasteiger partial charge >= 0.3 is 0 Å². The first-order chi connectivity index (χ1) is 20.9. The van der Waals surface area contributed by atoms with E-state index >= 15 is 0 Å². The number of hydrogen-bond donors (Lipinski definition) is 4. The molecule has 7 heteroatoms. The Bertz CT molecular complexity index is 1560. The van der Waals surface area contributed by atoms with Crippen molar-refractivity contribution in [2.45, 2.75) is 84.0 Å². The summed E-state index contributed by atoms with van der Waals surface area (Å²) in [6.45, 7) is 14.2. The van der Waals surface area contributed by atoms with Crippen LogP contribution in [0.3, 0.4) is 0 Å². The molecule has 4 aromatic rings. The molecule has 4 rings (SSSR count). The van der Waals surface area contributed by atoms with Crippen molar-refractivity contribution in [2.24, 2.45) is 0 Å². The second-order valence-corrected chi connectivity index (χ2v) is 18.1. The molecule has 4 aromatic carbocycles. The maximum absolute atomic E-state index is 12.9. The third-order valence-electron chi connectivity index (χ3n) is 8.79. The van der Waals surface area contributed by atoms with Crippen LogP contribution >= 0.6 is 0 Å². The van der Waals surface area contributed by atoms with E-state index < -0.39 is 8.32 Å². The third-order valence-corrected chi connectivity index (χ3v) is 13.3. The van der Waals surface area contributed by atoms with E-state index in [1.165, 1.54) is 10.9 Å². The van der Waals surface area contributed by atoms with Gasteiger partial charge in [0.15, 0.2) is 8.32 Å². The highest BCUT2D eigenvalue weighted by molar-refractivity contribution is 6.74. The summed E-state index contributed by atoms with van der Waals surface area (Å²) in [5.74, 6) is 0.0915. The van der Waals surface area contributed by atoms with Crippen LogP contribution in [0.4, 0.5) is 0 Å². The minimum atomic E-state index is -2.11. The third kappa shape index (κ3) is 8.79. The van der Waals surface area contributed by atoms with E-state index in [0.29, 0.717) is 25.1 Å². The van der Waals surface area contributed by atoms with Crippen molar-refractivity contribution in [3.8, 4) is 5.75 Å². The highest BCUT2D eigenvalue weighted by Crippen LogP contribution is 2.40. The zero-order chi connectivity index (χ0) is 31.9. The van der Waals surface area contributed by atoms with Gasteiger partial charge in [0.05, 0.1) is 19.1 Å². The second kappa shape index (κ2) is 14.5. The lowest BCUT2D eigenvalue weighted by molar-refractivity contribution is -0.120. The fourth-order valence-electron chi connectivity index (χ4n) is 5.18. The van der Waals surface area contributed by atoms with E-state index in [4.69, 9.17) is 4.43 Å². The molecule has 0 aliphatic rings. The summed E-state index contributed by atoms with van der Waals surface area (Å²) in [5, 5.41) is 29.0. The van der Waals surface area contributed by atoms with Crippen LogP contribution in [0.2, 0.25) is 18.1 Å². The molecule has 0 bridgehead atoms. The molecule has 0 unspecified atom stereocenters. The Morgan fingerprint density at radius 1 is 0.909 bits per heavy atom. The molecule has 44 heavy (non-hydrogen) atoms. The summed E-state index contributed by atoms with van der Waals surface area (Å²) in [7, 11) is -2.11. The summed E-state index contributed by atoms with van der Waals surface area (Å²) in [6.07, 6.45) is 0.910. The van der Waals surface area contributed by atoms with Crippen molar-refractivity contribution in [3.63, 3.8) is 0 Å². The Balaban J connectivity index is 1.37. The van der Waals surface area contributed by atoms with E-state index in [0.717, 1.165) is 28.5 Å². The lowest BCUT2D eigenvalue weighted by Gasteiger charge is -2.40. The Morgan fingerprint density at radius 3 is 2.36 bits per heavy atom. The van der Waals surface area contributed by atoms with Crippen molar-refractivity contribution in [3.05, 3.63) is 113 Å². The summed E-state index contributed by atoms with van der Waals surface area (Å²) < 4.78 is 6.84. The average molecular weight is 613 g/mol. The zero-order valence-electron chi connectivity index (χ0n) is 27.0. The number of aromatic hydroxyl groups is 1. The van der Waals surface area contributed by atoms with Crippen molar-refractivity contribution >= 4 is 25.0 Å². The number of hydrogen-bond acceptors (Lipinski definition) is 5. The Labute approximate surface area is 263 Å². The van der Waals surface area contributed by atoms with Gasteiger partial charge in [0.25, 0.3) is 0 Å². The average Bonchev–Trinajstić information content (AvgIpc) is 2.98. The standard InChI is InChI=1S/C37H48N2O4Si/c1-26(38-24-35(43-44(5,6)37(2,3)4)30-17-18-34(41)32(22-30)25-40)19-27-11-9-12-28(20-27)21-36(42)39-23-31-15-10-14-29-13-7-8-16-33(29)31/h7-18,20,22,26,35,38,40-41H,19,21,23-25H2,1-6H3,(H,39,42)/t26-,35-/m1/s1. The topological polar surface area (TPSA) is 90.8 Å². The lowest BCUT2D eigenvalue weighted by atomic mass is 10.0. The summed E-state index contributed by atoms with van der Waals surface area (Å²) in [4.78, 5) is 12.9. The predicted molar refractivity (Wildman–Crippen MR) is 182 cm³/mol. The molecule has 234 valence electrons. The van der Waals surface area contributed by atoms with Crippen LogP contribution in [-0.2, 0) is 35.2 Å². The van der Waals surface area contributed by atoms with Crippen LogP contribution in [0.25, 0.3) is 10.8 Å². The van der Waals surface area contributed by atoms with Gasteiger partial charge in [0, 0.05) is 24.7 Å². The molecule has 0 radical (unpaired) electrons. The van der Waals surface area contributed by atoms with Crippen LogP contribution in [0.1, 0.15) is 61.6 Å². The molecule has 6 nitrogen and oxygen atoms in total. The van der Waals surface area contributed by atoms with Crippen LogP contribution in [0, 0.1) is 0 Å². The summed E-state index contributed by atoms with van der Waals surface area (Å²) in [5.41, 5.74) is 4.70. The molecule has 0 heterocycles. The Morgan fingerprint density at radius 2 is 1.61 bits per heavy atom. The molecule has 0 saturated carbocycles. The maximum atomic E-state index is 12.9. The van der Waals surface area contributed by atoms with Crippen LogP contribution in [0.15, 0.2) is 84.9 Å². The molecule has 0 spiro atoms. The number of carbonyl (C=O) groups is 1. The van der Waals surface area contributed by atoms with Crippen LogP contribution < -0.4 is 10.6 Å². The van der Waals surface area contributed by atoms with Gasteiger partial charge in [0.1, 0.15) is 5.75 Å². The quantitative estimate of drug-likeness (QED) is 0.120. The monoisotopic (exact) mass is 612 g/mol. The van der Waals surface area contributed by atoms with E-state index in [1.54, 1.807) is 6.07 Å². The number of rotatable bonds is 13. The molecule has 1 amide bonds. The number of phenols is 1. The highest BCUT2D eigenvalue weighted by atomic mass is 28.4. The van der Waals surface area contributed by atoms with E-state index in [9.17, 15) is 15.0 Å². The molecule has 0 fully saturated rings. The molecule has 0 aromatic heterocycles. The molecule has 2 atom stereocenters. The van der Waals surface area contributed by atoms with E-state index in [2.05, 4.69) is 87.8 Å². The fourth-order valence-corrected chi connectivity index (χ4v) is 6.47. The zero-order valence-corrected chi connectivity index (χ0v) is 28.0. The number of benzene rings is 4.